The van der Waals surface area contributed by atoms with Gasteiger partial charge in [-0.2, -0.15) is 5.26 Å². The van der Waals surface area contributed by atoms with E-state index in [1.807, 2.05) is 0 Å². The second-order valence-corrected chi connectivity index (χ2v) is 5.45. The molecular weight excluding hydrogens is 285 g/mol. The van der Waals surface area contributed by atoms with Crippen LogP contribution in [0.4, 0.5) is 8.78 Å². The Morgan fingerprint density at radius 1 is 1.50 bits per heavy atom. The zero-order chi connectivity index (χ0) is 12.5. The topological polar surface area (TPSA) is 70.8 Å². The summed E-state index contributed by atoms with van der Waals surface area (Å²) in [7, 11) is 0.570. The highest BCUT2D eigenvalue weighted by molar-refractivity contribution is 8.13. The van der Waals surface area contributed by atoms with Crippen molar-refractivity contribution in [1.82, 2.24) is 4.98 Å². The van der Waals surface area contributed by atoms with Crippen molar-refractivity contribution in [1.29, 1.82) is 5.26 Å². The third kappa shape index (κ3) is 2.58. The van der Waals surface area contributed by atoms with E-state index in [1.54, 1.807) is 0 Å². The van der Waals surface area contributed by atoms with E-state index < -0.39 is 36.8 Å². The number of hydrogen-bond donors (Lipinski definition) is 0. The molecule has 0 saturated heterocycles. The Balaban J connectivity index is 3.62. The predicted molar refractivity (Wildman–Crippen MR) is 52.0 cm³/mol. The minimum Gasteiger partial charge on any atom is -0.231 e. The second-order valence-electron chi connectivity index (χ2n) is 2.56. The third-order valence-corrected chi connectivity index (χ3v) is 3.04. The molecule has 0 fully saturated rings. The Bertz CT molecular complexity index is 568. The summed E-state index contributed by atoms with van der Waals surface area (Å²) in [4.78, 5) is 3.09. The normalized spacial score (nSPS) is 11.5. The molecule has 0 saturated carbocycles. The summed E-state index contributed by atoms with van der Waals surface area (Å²) in [5.74, 6) is 0. The number of nitriles is 1. The van der Waals surface area contributed by atoms with Crippen molar-refractivity contribution in [2.75, 3.05) is 0 Å². The summed E-state index contributed by atoms with van der Waals surface area (Å²) in [6.07, 6.45) is -3.06. The first kappa shape index (κ1) is 13.1. The first-order chi connectivity index (χ1) is 7.27. The minimum absolute atomic E-state index is 0.482. The Morgan fingerprint density at radius 2 is 2.06 bits per heavy atom. The van der Waals surface area contributed by atoms with Gasteiger partial charge >= 0.3 is 0 Å². The Labute approximate surface area is 98.8 Å². The fraction of sp³-hybridized carbons (Fsp3) is 0.143. The van der Waals surface area contributed by atoms with Gasteiger partial charge in [0.25, 0.3) is 15.5 Å². The molecule has 1 rings (SSSR count). The number of halogens is 4. The smallest absolute Gasteiger partial charge is 0.231 e. The Kier molecular flexibility index (Phi) is 3.68. The van der Waals surface area contributed by atoms with Crippen LogP contribution in [0.2, 0.25) is 5.02 Å². The lowest BCUT2D eigenvalue weighted by molar-refractivity contribution is 0.145. The van der Waals surface area contributed by atoms with Crippen molar-refractivity contribution in [3.63, 3.8) is 0 Å². The lowest BCUT2D eigenvalue weighted by Gasteiger charge is -2.05. The molecule has 0 spiro atoms. The van der Waals surface area contributed by atoms with E-state index in [1.165, 1.54) is 6.07 Å². The molecular formula is C7H2Cl2F2N2O2S. The first-order valence-corrected chi connectivity index (χ1v) is 6.29. The molecule has 0 atom stereocenters. The molecule has 0 amide bonds. The fourth-order valence-electron chi connectivity index (χ4n) is 0.904. The highest BCUT2D eigenvalue weighted by Gasteiger charge is 2.24. The second kappa shape index (κ2) is 4.49. The summed E-state index contributed by atoms with van der Waals surface area (Å²) in [5.41, 5.74) is -1.41. The molecule has 9 heteroatoms. The van der Waals surface area contributed by atoms with Crippen molar-refractivity contribution in [3.8, 4) is 6.07 Å². The van der Waals surface area contributed by atoms with E-state index in [-0.39, 0.29) is 0 Å². The van der Waals surface area contributed by atoms with Gasteiger partial charge in [0.15, 0.2) is 5.03 Å². The average Bonchev–Trinajstić information content (AvgIpc) is 2.14. The number of aromatic nitrogens is 1. The molecule has 16 heavy (non-hydrogen) atoms. The van der Waals surface area contributed by atoms with Gasteiger partial charge in [0, 0.05) is 10.7 Å². The molecule has 0 aliphatic carbocycles. The molecule has 0 aliphatic rings. The summed E-state index contributed by atoms with van der Waals surface area (Å²) >= 11 is 5.39. The van der Waals surface area contributed by atoms with Crippen molar-refractivity contribution in [3.05, 3.63) is 22.3 Å². The van der Waals surface area contributed by atoms with Crippen LogP contribution in [0.3, 0.4) is 0 Å². The van der Waals surface area contributed by atoms with Crippen LogP contribution in [0.5, 0.6) is 0 Å². The summed E-state index contributed by atoms with van der Waals surface area (Å²) in [6.45, 7) is 0. The maximum Gasteiger partial charge on any atom is 0.281 e. The zero-order valence-corrected chi connectivity index (χ0v) is 9.61. The van der Waals surface area contributed by atoms with Crippen LogP contribution in [0.25, 0.3) is 0 Å². The Hall–Kier alpha value is -0.970. The summed E-state index contributed by atoms with van der Waals surface area (Å²) in [5, 5.41) is 7.17. The molecule has 0 unspecified atom stereocenters. The molecule has 1 aromatic heterocycles. The van der Waals surface area contributed by atoms with Crippen LogP contribution in [0.1, 0.15) is 17.7 Å². The molecule has 1 aromatic rings. The molecule has 0 aliphatic heterocycles. The van der Waals surface area contributed by atoms with E-state index >= 15 is 0 Å². The molecule has 0 aromatic carbocycles. The predicted octanol–water partition coefficient (Wildman–Crippen LogP) is 2.47. The molecule has 1 heterocycles. The van der Waals surface area contributed by atoms with Crippen LogP contribution in [-0.4, -0.2) is 13.4 Å². The number of nitrogens with zero attached hydrogens (tertiary/aromatic N) is 2. The standard InChI is InChI=1S/C7H2Cl2F2N2O2S/c8-4-1-3(2-12)7(16(9,14)15)13-5(4)6(10)11/h1,6H. The SMILES string of the molecule is N#Cc1cc(Cl)c(C(F)F)nc1S(=O)(=O)Cl. The van der Waals surface area contributed by atoms with Gasteiger partial charge in [0.05, 0.1) is 10.6 Å². The molecule has 4 nitrogen and oxygen atoms in total. The summed E-state index contributed by atoms with van der Waals surface area (Å²) in [6, 6.07) is 2.24. The third-order valence-electron chi connectivity index (χ3n) is 1.53. The van der Waals surface area contributed by atoms with E-state index in [0.29, 0.717) is 0 Å². The van der Waals surface area contributed by atoms with Gasteiger partial charge in [0.1, 0.15) is 11.8 Å². The van der Waals surface area contributed by atoms with Crippen molar-refractivity contribution >= 4 is 31.3 Å². The van der Waals surface area contributed by atoms with Crippen LogP contribution in [0.15, 0.2) is 11.1 Å². The molecule has 0 N–H and O–H groups in total. The maximum atomic E-state index is 12.4. The molecule has 86 valence electrons. The van der Waals surface area contributed by atoms with Crippen molar-refractivity contribution in [2.45, 2.75) is 11.5 Å². The minimum atomic E-state index is -4.37. The van der Waals surface area contributed by atoms with E-state index in [9.17, 15) is 17.2 Å². The van der Waals surface area contributed by atoms with Crippen molar-refractivity contribution in [2.24, 2.45) is 0 Å². The van der Waals surface area contributed by atoms with Crippen LogP contribution >= 0.6 is 22.3 Å². The van der Waals surface area contributed by atoms with Gasteiger partial charge in [-0.25, -0.2) is 22.2 Å². The van der Waals surface area contributed by atoms with E-state index in [4.69, 9.17) is 27.5 Å². The van der Waals surface area contributed by atoms with Crippen LogP contribution in [0, 0.1) is 11.3 Å². The molecule has 0 radical (unpaired) electrons. The monoisotopic (exact) mass is 286 g/mol. The first-order valence-electron chi connectivity index (χ1n) is 3.60. The molecule has 0 bridgehead atoms. The quantitative estimate of drug-likeness (QED) is 0.783. The van der Waals surface area contributed by atoms with E-state index in [0.717, 1.165) is 6.07 Å². The van der Waals surface area contributed by atoms with Gasteiger partial charge in [-0.15, -0.1) is 0 Å². The van der Waals surface area contributed by atoms with Gasteiger partial charge in [0.2, 0.25) is 0 Å². The van der Waals surface area contributed by atoms with Gasteiger partial charge in [-0.05, 0) is 6.07 Å². The van der Waals surface area contributed by atoms with Crippen LogP contribution < -0.4 is 0 Å². The zero-order valence-electron chi connectivity index (χ0n) is 7.29. The number of hydrogen-bond acceptors (Lipinski definition) is 4. The Morgan fingerprint density at radius 3 is 2.44 bits per heavy atom. The lowest BCUT2D eigenvalue weighted by atomic mass is 10.2. The average molecular weight is 287 g/mol. The lowest BCUT2D eigenvalue weighted by Crippen LogP contribution is -2.04. The summed E-state index contributed by atoms with van der Waals surface area (Å²) < 4.78 is 46.7. The fourth-order valence-corrected chi connectivity index (χ4v) is 2.07. The number of pyridine rings is 1. The largest absolute Gasteiger partial charge is 0.281 e. The highest BCUT2D eigenvalue weighted by Crippen LogP contribution is 2.29. The number of alkyl halides is 2. The van der Waals surface area contributed by atoms with Gasteiger partial charge in [-0.3, -0.25) is 0 Å². The van der Waals surface area contributed by atoms with E-state index in [2.05, 4.69) is 4.98 Å². The maximum absolute atomic E-state index is 12.4. The highest BCUT2D eigenvalue weighted by atomic mass is 35.7. The van der Waals surface area contributed by atoms with Gasteiger partial charge in [-0.1, -0.05) is 11.6 Å². The van der Waals surface area contributed by atoms with Crippen molar-refractivity contribution < 1.29 is 17.2 Å². The number of rotatable bonds is 2. The van der Waals surface area contributed by atoms with Gasteiger partial charge < -0.3 is 0 Å². The van der Waals surface area contributed by atoms with Crippen LogP contribution in [-0.2, 0) is 9.05 Å².